The summed E-state index contributed by atoms with van der Waals surface area (Å²) < 4.78 is 5.12. The van der Waals surface area contributed by atoms with E-state index in [-0.39, 0.29) is 6.04 Å². The molecule has 0 aromatic heterocycles. The molecule has 0 radical (unpaired) electrons. The minimum Gasteiger partial charge on any atom is -0.496 e. The fraction of sp³-hybridized carbons (Fsp3) is 0.300. The van der Waals surface area contributed by atoms with Crippen molar-refractivity contribution >= 4 is 0 Å². The maximum atomic E-state index is 8.49. The standard InChI is InChI=1S/C10H12N2O/c1-13-10-5-3-2-4-8(10)9(12)6-7-11/h2-5,9H,6,12H2,1H3/t9-/m0/s1. The van der Waals surface area contributed by atoms with Crippen molar-refractivity contribution < 1.29 is 4.74 Å². The van der Waals surface area contributed by atoms with Crippen molar-refractivity contribution in [2.24, 2.45) is 5.73 Å². The Labute approximate surface area is 77.7 Å². The Morgan fingerprint density at radius 3 is 2.85 bits per heavy atom. The number of methoxy groups -OCH3 is 1. The molecule has 1 atom stereocenters. The first kappa shape index (κ1) is 9.56. The van der Waals surface area contributed by atoms with Crippen LogP contribution in [0.2, 0.25) is 0 Å². The van der Waals surface area contributed by atoms with E-state index < -0.39 is 0 Å². The van der Waals surface area contributed by atoms with Gasteiger partial charge in [-0.15, -0.1) is 0 Å². The molecule has 68 valence electrons. The largest absolute Gasteiger partial charge is 0.496 e. The van der Waals surface area contributed by atoms with E-state index >= 15 is 0 Å². The summed E-state index contributed by atoms with van der Waals surface area (Å²) in [5.41, 5.74) is 6.66. The van der Waals surface area contributed by atoms with E-state index in [2.05, 4.69) is 0 Å². The minimum atomic E-state index is -0.263. The van der Waals surface area contributed by atoms with E-state index in [1.807, 2.05) is 30.3 Å². The molecule has 0 aliphatic heterocycles. The number of nitrogens with two attached hydrogens (primary N) is 1. The molecule has 13 heavy (non-hydrogen) atoms. The summed E-state index contributed by atoms with van der Waals surface area (Å²) in [7, 11) is 1.60. The van der Waals surface area contributed by atoms with Gasteiger partial charge in [-0.25, -0.2) is 0 Å². The maximum Gasteiger partial charge on any atom is 0.123 e. The van der Waals surface area contributed by atoms with Crippen LogP contribution < -0.4 is 10.5 Å². The van der Waals surface area contributed by atoms with Crippen LogP contribution in [0.5, 0.6) is 5.75 Å². The Balaban J connectivity index is 2.93. The molecule has 0 saturated carbocycles. The lowest BCUT2D eigenvalue weighted by atomic mass is 10.0. The lowest BCUT2D eigenvalue weighted by Gasteiger charge is -2.12. The molecule has 0 bridgehead atoms. The van der Waals surface area contributed by atoms with Crippen molar-refractivity contribution in [3.05, 3.63) is 29.8 Å². The Hall–Kier alpha value is -1.53. The number of benzene rings is 1. The van der Waals surface area contributed by atoms with E-state index in [9.17, 15) is 0 Å². The Kier molecular flexibility index (Phi) is 3.30. The van der Waals surface area contributed by atoms with Crippen molar-refractivity contribution in [3.63, 3.8) is 0 Å². The molecule has 3 nitrogen and oxygen atoms in total. The third kappa shape index (κ3) is 2.20. The molecular weight excluding hydrogens is 164 g/mol. The normalized spacial score (nSPS) is 11.8. The van der Waals surface area contributed by atoms with Crippen LogP contribution in [0.15, 0.2) is 24.3 Å². The summed E-state index contributed by atoms with van der Waals surface area (Å²) in [6, 6.07) is 9.25. The van der Waals surface area contributed by atoms with Crippen molar-refractivity contribution in [2.75, 3.05) is 7.11 Å². The quantitative estimate of drug-likeness (QED) is 0.761. The van der Waals surface area contributed by atoms with E-state index in [1.54, 1.807) is 7.11 Å². The predicted molar refractivity (Wildman–Crippen MR) is 50.2 cm³/mol. The predicted octanol–water partition coefficient (Wildman–Crippen LogP) is 1.61. The molecule has 0 amide bonds. The molecule has 1 rings (SSSR count). The molecule has 1 aromatic carbocycles. The molecule has 0 fully saturated rings. The summed E-state index contributed by atoms with van der Waals surface area (Å²) in [4.78, 5) is 0. The molecule has 0 aliphatic carbocycles. The molecule has 0 heterocycles. The topological polar surface area (TPSA) is 59.0 Å². The summed E-state index contributed by atoms with van der Waals surface area (Å²) in [5.74, 6) is 0.741. The average molecular weight is 176 g/mol. The zero-order valence-electron chi connectivity index (χ0n) is 7.53. The van der Waals surface area contributed by atoms with Crippen LogP contribution in [0.1, 0.15) is 18.0 Å². The van der Waals surface area contributed by atoms with Crippen molar-refractivity contribution in [3.8, 4) is 11.8 Å². The Bertz CT molecular complexity index is 317. The van der Waals surface area contributed by atoms with Crippen LogP contribution in [0.25, 0.3) is 0 Å². The third-order valence-electron chi connectivity index (χ3n) is 1.85. The van der Waals surface area contributed by atoms with Gasteiger partial charge in [0.1, 0.15) is 5.75 Å². The summed E-state index contributed by atoms with van der Waals surface area (Å²) in [6.07, 6.45) is 0.306. The molecule has 2 N–H and O–H groups in total. The van der Waals surface area contributed by atoms with Gasteiger partial charge in [-0.3, -0.25) is 0 Å². The first-order valence-corrected chi connectivity index (χ1v) is 4.05. The lowest BCUT2D eigenvalue weighted by Crippen LogP contribution is -2.10. The Morgan fingerprint density at radius 2 is 2.23 bits per heavy atom. The van der Waals surface area contributed by atoms with E-state index in [1.165, 1.54) is 0 Å². The molecule has 0 spiro atoms. The number of rotatable bonds is 3. The van der Waals surface area contributed by atoms with Gasteiger partial charge in [0.25, 0.3) is 0 Å². The fourth-order valence-electron chi connectivity index (χ4n) is 1.18. The molecule has 3 heteroatoms. The highest BCUT2D eigenvalue weighted by atomic mass is 16.5. The van der Waals surface area contributed by atoms with Gasteiger partial charge in [-0.1, -0.05) is 18.2 Å². The van der Waals surface area contributed by atoms with Gasteiger partial charge >= 0.3 is 0 Å². The van der Waals surface area contributed by atoms with E-state index in [4.69, 9.17) is 15.7 Å². The van der Waals surface area contributed by atoms with Crippen LogP contribution in [0, 0.1) is 11.3 Å². The maximum absolute atomic E-state index is 8.49. The van der Waals surface area contributed by atoms with Gasteiger partial charge < -0.3 is 10.5 Å². The fourth-order valence-corrected chi connectivity index (χ4v) is 1.18. The second-order valence-corrected chi connectivity index (χ2v) is 2.71. The van der Waals surface area contributed by atoms with E-state index in [0.717, 1.165) is 11.3 Å². The van der Waals surface area contributed by atoms with Crippen LogP contribution in [-0.2, 0) is 0 Å². The van der Waals surface area contributed by atoms with Gasteiger partial charge in [0, 0.05) is 11.6 Å². The SMILES string of the molecule is COc1ccccc1[C@@H](N)CC#N. The zero-order valence-corrected chi connectivity index (χ0v) is 7.53. The molecule has 0 saturated heterocycles. The van der Waals surface area contributed by atoms with Gasteiger partial charge in [0.05, 0.1) is 19.6 Å². The highest BCUT2D eigenvalue weighted by molar-refractivity contribution is 5.35. The molecular formula is C10H12N2O. The van der Waals surface area contributed by atoms with Crippen molar-refractivity contribution in [2.45, 2.75) is 12.5 Å². The third-order valence-corrected chi connectivity index (χ3v) is 1.85. The minimum absolute atomic E-state index is 0.263. The number of hydrogen-bond donors (Lipinski definition) is 1. The first-order valence-electron chi connectivity index (χ1n) is 4.05. The number of para-hydroxylation sites is 1. The van der Waals surface area contributed by atoms with Crippen LogP contribution in [0.4, 0.5) is 0 Å². The number of nitrogens with zero attached hydrogens (tertiary/aromatic N) is 1. The van der Waals surface area contributed by atoms with Crippen LogP contribution in [-0.4, -0.2) is 7.11 Å². The van der Waals surface area contributed by atoms with Crippen molar-refractivity contribution in [1.82, 2.24) is 0 Å². The lowest BCUT2D eigenvalue weighted by molar-refractivity contribution is 0.406. The number of nitriles is 1. The summed E-state index contributed by atoms with van der Waals surface area (Å²) in [5, 5.41) is 8.49. The smallest absolute Gasteiger partial charge is 0.123 e. The van der Waals surface area contributed by atoms with Gasteiger partial charge in [0.2, 0.25) is 0 Å². The molecule has 0 unspecified atom stereocenters. The second-order valence-electron chi connectivity index (χ2n) is 2.71. The highest BCUT2D eigenvalue weighted by Gasteiger charge is 2.09. The van der Waals surface area contributed by atoms with Crippen LogP contribution in [0.3, 0.4) is 0 Å². The average Bonchev–Trinajstić information content (AvgIpc) is 2.18. The Morgan fingerprint density at radius 1 is 1.54 bits per heavy atom. The second kappa shape index (κ2) is 4.48. The van der Waals surface area contributed by atoms with Gasteiger partial charge in [-0.2, -0.15) is 5.26 Å². The summed E-state index contributed by atoms with van der Waals surface area (Å²) in [6.45, 7) is 0. The highest BCUT2D eigenvalue weighted by Crippen LogP contribution is 2.24. The van der Waals surface area contributed by atoms with E-state index in [0.29, 0.717) is 6.42 Å². The monoisotopic (exact) mass is 176 g/mol. The van der Waals surface area contributed by atoms with Crippen molar-refractivity contribution in [1.29, 1.82) is 5.26 Å². The number of ether oxygens (including phenoxy) is 1. The first-order chi connectivity index (χ1) is 6.29. The molecule has 1 aromatic rings. The van der Waals surface area contributed by atoms with Gasteiger partial charge in [-0.05, 0) is 6.07 Å². The van der Waals surface area contributed by atoms with Gasteiger partial charge in [0.15, 0.2) is 0 Å². The van der Waals surface area contributed by atoms with Crippen LogP contribution >= 0.6 is 0 Å². The number of hydrogen-bond acceptors (Lipinski definition) is 3. The zero-order chi connectivity index (χ0) is 9.68. The summed E-state index contributed by atoms with van der Waals surface area (Å²) >= 11 is 0. The molecule has 0 aliphatic rings.